The maximum absolute atomic E-state index is 13.1. The number of fused-ring (bicyclic) bond motifs is 1. The van der Waals surface area contributed by atoms with Gasteiger partial charge >= 0.3 is 0 Å². The normalized spacial score (nSPS) is 17.3. The van der Waals surface area contributed by atoms with Crippen molar-refractivity contribution in [1.82, 2.24) is 9.80 Å². The van der Waals surface area contributed by atoms with Gasteiger partial charge in [-0.1, -0.05) is 41.9 Å². The van der Waals surface area contributed by atoms with Crippen molar-refractivity contribution in [3.63, 3.8) is 0 Å². The predicted molar refractivity (Wildman–Crippen MR) is 142 cm³/mol. The van der Waals surface area contributed by atoms with Crippen LogP contribution in [0.5, 0.6) is 0 Å². The lowest BCUT2D eigenvalue weighted by Crippen LogP contribution is -2.48. The minimum Gasteiger partial charge on any atom is -0.383 e. The monoisotopic (exact) mass is 504 g/mol. The molecule has 0 spiro atoms. The number of nitrogens with zero attached hydrogens (tertiary/aromatic N) is 3. The molecule has 2 aliphatic heterocycles. The fourth-order valence-corrected chi connectivity index (χ4v) is 5.11. The average molecular weight is 505 g/mol. The quantitative estimate of drug-likeness (QED) is 0.512. The predicted octanol–water partition coefficient (Wildman–Crippen LogP) is 4.52. The molecule has 1 unspecified atom stereocenters. The van der Waals surface area contributed by atoms with Crippen LogP contribution in [0.2, 0.25) is 5.02 Å². The number of ether oxygens (including phenoxy) is 1. The molecule has 186 valence electrons. The number of carbonyl (C=O) groups is 2. The second-order valence-electron chi connectivity index (χ2n) is 8.93. The van der Waals surface area contributed by atoms with E-state index in [-0.39, 0.29) is 18.0 Å². The summed E-state index contributed by atoms with van der Waals surface area (Å²) in [5.74, 6) is 0.00588. The van der Waals surface area contributed by atoms with Crippen molar-refractivity contribution in [2.45, 2.75) is 6.17 Å². The molecule has 0 aliphatic carbocycles. The van der Waals surface area contributed by atoms with Crippen molar-refractivity contribution in [2.75, 3.05) is 56.7 Å². The molecule has 1 saturated heterocycles. The summed E-state index contributed by atoms with van der Waals surface area (Å²) in [5, 5.41) is 4.20. The first-order valence-corrected chi connectivity index (χ1v) is 12.5. The Labute approximate surface area is 216 Å². The van der Waals surface area contributed by atoms with Gasteiger partial charge in [0, 0.05) is 62.2 Å². The van der Waals surface area contributed by atoms with Crippen LogP contribution in [-0.2, 0) is 4.74 Å². The highest BCUT2D eigenvalue weighted by Gasteiger charge is 2.36. The van der Waals surface area contributed by atoms with E-state index in [1.165, 1.54) is 0 Å². The number of methoxy groups -OCH3 is 1. The van der Waals surface area contributed by atoms with Crippen molar-refractivity contribution in [1.29, 1.82) is 0 Å². The van der Waals surface area contributed by atoms with Crippen LogP contribution in [0.1, 0.15) is 32.4 Å². The Kier molecular flexibility index (Phi) is 7.11. The highest BCUT2D eigenvalue weighted by atomic mass is 35.5. The molecule has 36 heavy (non-hydrogen) atoms. The summed E-state index contributed by atoms with van der Waals surface area (Å²) in [6.07, 6.45) is -0.289. The molecule has 1 atom stereocenters. The molecule has 3 aromatic carbocycles. The molecule has 0 bridgehead atoms. The van der Waals surface area contributed by atoms with Crippen LogP contribution in [0.4, 0.5) is 11.4 Å². The van der Waals surface area contributed by atoms with Crippen LogP contribution in [0.15, 0.2) is 72.8 Å². The van der Waals surface area contributed by atoms with Gasteiger partial charge in [0.15, 0.2) is 0 Å². The summed E-state index contributed by atoms with van der Waals surface area (Å²) in [6.45, 7) is 3.69. The zero-order chi connectivity index (χ0) is 25.1. The van der Waals surface area contributed by atoms with Gasteiger partial charge in [-0.3, -0.25) is 9.59 Å². The van der Waals surface area contributed by atoms with Gasteiger partial charge in [0.1, 0.15) is 6.17 Å². The third kappa shape index (κ3) is 4.76. The first-order valence-electron chi connectivity index (χ1n) is 12.1. The van der Waals surface area contributed by atoms with Crippen LogP contribution < -0.4 is 10.2 Å². The lowest BCUT2D eigenvalue weighted by Gasteiger charge is -2.36. The van der Waals surface area contributed by atoms with Gasteiger partial charge in [-0.2, -0.15) is 0 Å². The topological polar surface area (TPSA) is 65.1 Å². The largest absolute Gasteiger partial charge is 0.383 e. The number of benzene rings is 3. The zero-order valence-electron chi connectivity index (χ0n) is 20.2. The van der Waals surface area contributed by atoms with Gasteiger partial charge < -0.3 is 24.8 Å². The Bertz CT molecular complexity index is 1240. The van der Waals surface area contributed by atoms with E-state index in [4.69, 9.17) is 16.3 Å². The van der Waals surface area contributed by atoms with Crippen LogP contribution >= 0.6 is 11.6 Å². The highest BCUT2D eigenvalue weighted by Crippen LogP contribution is 2.34. The molecule has 1 N–H and O–H groups in total. The molecule has 0 radical (unpaired) electrons. The molecule has 7 nitrogen and oxygen atoms in total. The Morgan fingerprint density at radius 3 is 2.39 bits per heavy atom. The molecule has 0 saturated carbocycles. The number of halogens is 1. The summed E-state index contributed by atoms with van der Waals surface area (Å²) in [6, 6.07) is 22.9. The third-order valence-corrected chi connectivity index (χ3v) is 7.11. The first kappa shape index (κ1) is 24.2. The summed E-state index contributed by atoms with van der Waals surface area (Å²) < 4.78 is 5.21. The van der Waals surface area contributed by atoms with E-state index in [1.807, 2.05) is 77.7 Å². The molecule has 8 heteroatoms. The number of rotatable bonds is 7. The van der Waals surface area contributed by atoms with E-state index >= 15 is 0 Å². The summed E-state index contributed by atoms with van der Waals surface area (Å²) in [7, 11) is 1.63. The Hall–Kier alpha value is -3.55. The number of hydrogen-bond donors (Lipinski definition) is 1. The van der Waals surface area contributed by atoms with E-state index in [0.717, 1.165) is 35.1 Å². The maximum atomic E-state index is 13.1. The van der Waals surface area contributed by atoms with Crippen molar-refractivity contribution in [2.24, 2.45) is 0 Å². The van der Waals surface area contributed by atoms with Gasteiger partial charge in [-0.25, -0.2) is 0 Å². The SMILES string of the molecule is COCCN1C(=O)c2ccccc2C1Nc1ccc(C(=O)N2CCN(c3ccccc3Cl)CC2)cc1. The third-order valence-electron chi connectivity index (χ3n) is 6.79. The maximum Gasteiger partial charge on any atom is 0.256 e. The van der Waals surface area contributed by atoms with Crippen LogP contribution in [0.3, 0.4) is 0 Å². The number of para-hydroxylation sites is 1. The second-order valence-corrected chi connectivity index (χ2v) is 9.34. The molecular formula is C28H29ClN4O3. The van der Waals surface area contributed by atoms with E-state index in [9.17, 15) is 9.59 Å². The fourth-order valence-electron chi connectivity index (χ4n) is 4.85. The Balaban J connectivity index is 1.24. The molecule has 0 aromatic heterocycles. The number of nitrogens with one attached hydrogen (secondary N) is 1. The summed E-state index contributed by atoms with van der Waals surface area (Å²) >= 11 is 6.34. The Morgan fingerprint density at radius 2 is 1.67 bits per heavy atom. The number of piperazine rings is 1. The molecule has 5 rings (SSSR count). The molecule has 2 heterocycles. The molecule has 3 aromatic rings. The zero-order valence-corrected chi connectivity index (χ0v) is 20.9. The van der Waals surface area contributed by atoms with Crippen LogP contribution in [0.25, 0.3) is 0 Å². The van der Waals surface area contributed by atoms with Crippen molar-refractivity contribution in [3.05, 3.63) is 94.5 Å². The van der Waals surface area contributed by atoms with E-state index in [0.29, 0.717) is 37.4 Å². The average Bonchev–Trinajstić information content (AvgIpc) is 3.18. The molecule has 2 aliphatic rings. The van der Waals surface area contributed by atoms with E-state index in [2.05, 4.69) is 10.2 Å². The number of amides is 2. The van der Waals surface area contributed by atoms with Crippen LogP contribution in [-0.4, -0.2) is 68.1 Å². The second kappa shape index (κ2) is 10.6. The van der Waals surface area contributed by atoms with Crippen molar-refractivity contribution < 1.29 is 14.3 Å². The van der Waals surface area contributed by atoms with Crippen LogP contribution in [0, 0.1) is 0 Å². The Morgan fingerprint density at radius 1 is 0.972 bits per heavy atom. The van der Waals surface area contributed by atoms with Gasteiger partial charge in [-0.05, 0) is 42.5 Å². The molecular weight excluding hydrogens is 476 g/mol. The number of carbonyl (C=O) groups excluding carboxylic acids is 2. The van der Waals surface area contributed by atoms with Gasteiger partial charge in [0.2, 0.25) is 0 Å². The number of hydrogen-bond acceptors (Lipinski definition) is 5. The fraction of sp³-hybridized carbons (Fsp3) is 0.286. The first-order chi connectivity index (χ1) is 17.6. The summed E-state index contributed by atoms with van der Waals surface area (Å²) in [4.78, 5) is 31.9. The smallest absolute Gasteiger partial charge is 0.256 e. The lowest BCUT2D eigenvalue weighted by atomic mass is 10.1. The standard InChI is InChI=1S/C28H29ClN4O3/c1-36-19-18-33-26(22-6-2-3-7-23(22)28(33)35)30-21-12-10-20(11-13-21)27(34)32-16-14-31(15-17-32)25-9-5-4-8-24(25)29/h2-13,26,30H,14-19H2,1H3. The minimum absolute atomic E-state index is 0.0112. The van der Waals surface area contributed by atoms with Gasteiger partial charge in [-0.15, -0.1) is 0 Å². The highest BCUT2D eigenvalue weighted by molar-refractivity contribution is 6.33. The minimum atomic E-state index is -0.289. The number of anilines is 2. The lowest BCUT2D eigenvalue weighted by molar-refractivity contribution is 0.0674. The van der Waals surface area contributed by atoms with E-state index < -0.39 is 0 Å². The van der Waals surface area contributed by atoms with Gasteiger partial charge in [0.25, 0.3) is 11.8 Å². The van der Waals surface area contributed by atoms with Crippen molar-refractivity contribution >= 4 is 34.8 Å². The summed E-state index contributed by atoms with van der Waals surface area (Å²) in [5.41, 5.74) is 4.13. The molecule has 2 amide bonds. The van der Waals surface area contributed by atoms with Crippen molar-refractivity contribution in [3.8, 4) is 0 Å². The molecule has 1 fully saturated rings. The van der Waals surface area contributed by atoms with E-state index in [1.54, 1.807) is 12.0 Å². The van der Waals surface area contributed by atoms with Gasteiger partial charge in [0.05, 0.1) is 17.3 Å².